The highest BCUT2D eigenvalue weighted by atomic mass is 14.6. The average molecular weight is 275 g/mol. The van der Waals surface area contributed by atoms with E-state index in [1.165, 1.54) is 57.8 Å². The Balaban J connectivity index is 1.90. The minimum atomic E-state index is 0.571. The zero-order chi connectivity index (χ0) is 14.4. The molecule has 3 rings (SSSR count). The van der Waals surface area contributed by atoms with E-state index in [-0.39, 0.29) is 0 Å². The summed E-state index contributed by atoms with van der Waals surface area (Å²) in [6, 6.07) is 0. The van der Waals surface area contributed by atoms with Crippen LogP contribution in [0.15, 0.2) is 0 Å². The van der Waals surface area contributed by atoms with Crippen LogP contribution in [0, 0.1) is 40.9 Å². The molecule has 0 aliphatic heterocycles. The molecule has 20 heavy (non-hydrogen) atoms. The van der Waals surface area contributed by atoms with Crippen molar-refractivity contribution >= 4 is 0 Å². The molecule has 0 heterocycles. The summed E-state index contributed by atoms with van der Waals surface area (Å²) in [6.45, 7) is 9.94. The lowest BCUT2D eigenvalue weighted by atomic mass is 9.46. The van der Waals surface area contributed by atoms with Crippen molar-refractivity contribution in [2.24, 2.45) is 34.5 Å². The molecule has 114 valence electrons. The van der Waals surface area contributed by atoms with Crippen LogP contribution in [-0.2, 0) is 0 Å². The second-order valence-corrected chi connectivity index (χ2v) is 8.59. The van der Waals surface area contributed by atoms with Gasteiger partial charge in [-0.2, -0.15) is 0 Å². The van der Waals surface area contributed by atoms with Crippen molar-refractivity contribution in [1.29, 1.82) is 0 Å². The lowest BCUT2D eigenvalue weighted by Gasteiger charge is -2.55. The van der Waals surface area contributed by atoms with Gasteiger partial charge in [-0.05, 0) is 62.2 Å². The van der Waals surface area contributed by atoms with Gasteiger partial charge < -0.3 is 0 Å². The fraction of sp³-hybridized carbons (Fsp3) is 0.950. The Morgan fingerprint density at radius 3 is 2.55 bits per heavy atom. The van der Waals surface area contributed by atoms with Crippen LogP contribution in [0.2, 0.25) is 0 Å². The van der Waals surface area contributed by atoms with Gasteiger partial charge in [-0.3, -0.25) is 0 Å². The molecule has 0 amide bonds. The summed E-state index contributed by atoms with van der Waals surface area (Å²) in [6.07, 6.45) is 16.1. The Morgan fingerprint density at radius 2 is 1.85 bits per heavy atom. The Labute approximate surface area is 127 Å². The Morgan fingerprint density at radius 1 is 1.05 bits per heavy atom. The summed E-state index contributed by atoms with van der Waals surface area (Å²) in [5.74, 6) is 4.03. The van der Waals surface area contributed by atoms with Crippen LogP contribution in [0.4, 0.5) is 0 Å². The fourth-order valence-electron chi connectivity index (χ4n) is 6.93. The fourth-order valence-corrected chi connectivity index (χ4v) is 6.93. The van der Waals surface area contributed by atoms with Crippen LogP contribution in [0.25, 0.3) is 0 Å². The van der Waals surface area contributed by atoms with Crippen molar-refractivity contribution < 1.29 is 0 Å². The van der Waals surface area contributed by atoms with Gasteiger partial charge in [0.15, 0.2) is 0 Å². The molecule has 0 radical (unpaired) electrons. The molecule has 0 nitrogen and oxygen atoms in total. The highest BCUT2D eigenvalue weighted by Crippen LogP contribution is 2.65. The lowest BCUT2D eigenvalue weighted by molar-refractivity contribution is -0.0787. The van der Waals surface area contributed by atoms with Crippen LogP contribution >= 0.6 is 0 Å². The third-order valence-corrected chi connectivity index (χ3v) is 7.98. The summed E-state index contributed by atoms with van der Waals surface area (Å²) in [7, 11) is 0. The number of hydrogen-bond donors (Lipinski definition) is 0. The van der Waals surface area contributed by atoms with Crippen molar-refractivity contribution in [2.45, 2.75) is 85.5 Å². The number of fused-ring (bicyclic) bond motifs is 3. The predicted octanol–water partition coefficient (Wildman–Crippen LogP) is 6.26. The van der Waals surface area contributed by atoms with Gasteiger partial charge in [0, 0.05) is 11.8 Å². The number of hydrogen-bond acceptors (Lipinski definition) is 0. The first-order valence-electron chi connectivity index (χ1n) is 9.38. The van der Waals surface area contributed by atoms with Gasteiger partial charge in [0.1, 0.15) is 5.41 Å². The van der Waals surface area contributed by atoms with Crippen LogP contribution in [0.3, 0.4) is 0 Å². The molecule has 3 aliphatic carbocycles. The van der Waals surface area contributed by atoms with Crippen molar-refractivity contribution in [3.63, 3.8) is 0 Å². The molecule has 3 saturated carbocycles. The largest absolute Gasteiger partial charge is 0.113 e. The molecule has 3 aliphatic rings. The van der Waals surface area contributed by atoms with E-state index in [0.717, 1.165) is 23.7 Å². The first-order valence-corrected chi connectivity index (χ1v) is 9.38. The zero-order valence-electron chi connectivity index (χ0n) is 14.3. The summed E-state index contributed by atoms with van der Waals surface area (Å²) in [5.41, 5.74) is 1.29. The summed E-state index contributed by atoms with van der Waals surface area (Å²) in [5, 5.41) is 0. The first-order chi connectivity index (χ1) is 9.57. The predicted molar refractivity (Wildman–Crippen MR) is 87.4 cm³/mol. The molecule has 6 atom stereocenters. The quantitative estimate of drug-likeness (QED) is 0.533. The smallest absolute Gasteiger partial charge is 0.0652 e. The van der Waals surface area contributed by atoms with Gasteiger partial charge in [0.25, 0.3) is 0 Å². The molecule has 0 N–H and O–H groups in total. The third kappa shape index (κ3) is 1.97. The third-order valence-electron chi connectivity index (χ3n) is 7.98. The first kappa shape index (κ1) is 14.8. The molecule has 0 aromatic rings. The van der Waals surface area contributed by atoms with Crippen LogP contribution in [0.1, 0.15) is 85.5 Å². The van der Waals surface area contributed by atoms with Crippen molar-refractivity contribution in [3.8, 4) is 0 Å². The van der Waals surface area contributed by atoms with Gasteiger partial charge in [0.05, 0.1) is 13.3 Å². The molecular weight excluding hydrogens is 240 g/mol. The molecule has 6 unspecified atom stereocenters. The van der Waals surface area contributed by atoms with Gasteiger partial charge >= 0.3 is 0 Å². The normalized spacial score (nSPS) is 51.4. The topological polar surface area (TPSA) is 0 Å². The van der Waals surface area contributed by atoms with Gasteiger partial charge in [0.2, 0.25) is 0 Å². The minimum Gasteiger partial charge on any atom is -0.0652 e. The maximum atomic E-state index is 2.65. The lowest BCUT2D eigenvalue weighted by Crippen LogP contribution is -2.51. The van der Waals surface area contributed by atoms with Crippen LogP contribution in [-0.4, -0.2) is 0 Å². The Bertz CT molecular complexity index is 346. The van der Waals surface area contributed by atoms with Crippen molar-refractivity contribution in [1.82, 2.24) is 0 Å². The van der Waals surface area contributed by atoms with Gasteiger partial charge in [-0.1, -0.05) is 33.6 Å². The van der Waals surface area contributed by atoms with Crippen LogP contribution < -0.4 is 0 Å². The second-order valence-electron chi connectivity index (χ2n) is 8.59. The second kappa shape index (κ2) is 5.25. The molecule has 0 spiro atoms. The highest BCUT2D eigenvalue weighted by molar-refractivity contribution is 5.09. The Kier molecular flexibility index (Phi) is 3.89. The van der Waals surface area contributed by atoms with E-state index >= 15 is 0 Å². The molecular formula is C20H35+. The number of rotatable bonds is 3. The average Bonchev–Trinajstić information content (AvgIpc) is 2.83. The van der Waals surface area contributed by atoms with Gasteiger partial charge in [-0.15, -0.1) is 0 Å². The van der Waals surface area contributed by atoms with Crippen molar-refractivity contribution in [3.05, 3.63) is 6.42 Å². The van der Waals surface area contributed by atoms with E-state index < -0.39 is 0 Å². The van der Waals surface area contributed by atoms with Gasteiger partial charge in [-0.25, -0.2) is 0 Å². The van der Waals surface area contributed by atoms with E-state index in [1.807, 2.05) is 0 Å². The standard InChI is InChI=1S/C20H35/c1-5-12-20(6-2)15(3)9-10-16-17-8-7-13-19(17,4)14-11-18(16)20/h6,15-18H,5,7-14H2,1-4H3/q+1. The Hall–Kier alpha value is -0.130. The molecule has 0 bridgehead atoms. The maximum absolute atomic E-state index is 2.65. The highest BCUT2D eigenvalue weighted by Gasteiger charge is 2.60. The molecule has 0 aromatic heterocycles. The van der Waals surface area contributed by atoms with E-state index in [1.54, 1.807) is 0 Å². The summed E-state index contributed by atoms with van der Waals surface area (Å²) < 4.78 is 0. The van der Waals surface area contributed by atoms with E-state index in [0.29, 0.717) is 10.8 Å². The minimum absolute atomic E-state index is 0.571. The molecule has 3 fully saturated rings. The SMILES string of the molecule is C[CH+]C1(CCC)C(C)CCC2C3CCCC3(C)CCC21. The monoisotopic (exact) mass is 275 g/mol. The zero-order valence-corrected chi connectivity index (χ0v) is 14.3. The van der Waals surface area contributed by atoms with Crippen molar-refractivity contribution in [2.75, 3.05) is 0 Å². The maximum Gasteiger partial charge on any atom is 0.113 e. The molecule has 0 heteroatoms. The van der Waals surface area contributed by atoms with Crippen LogP contribution in [0.5, 0.6) is 0 Å². The summed E-state index contributed by atoms with van der Waals surface area (Å²) in [4.78, 5) is 0. The molecule has 0 aromatic carbocycles. The summed E-state index contributed by atoms with van der Waals surface area (Å²) >= 11 is 0. The van der Waals surface area contributed by atoms with E-state index in [4.69, 9.17) is 0 Å². The molecule has 0 saturated heterocycles. The van der Waals surface area contributed by atoms with E-state index in [2.05, 4.69) is 34.1 Å². The van der Waals surface area contributed by atoms with E-state index in [9.17, 15) is 0 Å².